The van der Waals surface area contributed by atoms with E-state index in [-0.39, 0.29) is 4.90 Å². The van der Waals surface area contributed by atoms with Crippen molar-refractivity contribution in [3.05, 3.63) is 77.9 Å². The highest BCUT2D eigenvalue weighted by molar-refractivity contribution is 7.89. The molecule has 0 unspecified atom stereocenters. The maximum atomic E-state index is 13.7. The number of nitrogens with zero attached hydrogens (tertiary/aromatic N) is 2. The smallest absolute Gasteiger partial charge is 0.279 e. The van der Waals surface area contributed by atoms with Gasteiger partial charge in [0.15, 0.2) is 23.0 Å². The van der Waals surface area contributed by atoms with Crippen molar-refractivity contribution in [3.63, 3.8) is 0 Å². The van der Waals surface area contributed by atoms with Crippen LogP contribution in [0.5, 0.6) is 23.0 Å². The average Bonchev–Trinajstić information content (AvgIpc) is 3.34. The minimum Gasteiger partial charge on any atom is -0.493 e. The van der Waals surface area contributed by atoms with E-state index in [4.69, 9.17) is 18.9 Å². The fraction of sp³-hybridized carbons (Fsp3) is 0.240. The van der Waals surface area contributed by atoms with Crippen molar-refractivity contribution in [3.8, 4) is 23.0 Å². The Hall–Kier alpha value is -3.72. The molecule has 0 radical (unpaired) electrons. The van der Waals surface area contributed by atoms with Crippen LogP contribution in [0, 0.1) is 0 Å². The zero-order valence-corrected chi connectivity index (χ0v) is 20.2. The van der Waals surface area contributed by atoms with Crippen molar-refractivity contribution < 1.29 is 27.4 Å². The molecule has 3 aromatic carbocycles. The van der Waals surface area contributed by atoms with Gasteiger partial charge in [0.05, 0.1) is 45.1 Å². The second-order valence-electron chi connectivity index (χ2n) is 7.51. The number of rotatable bonds is 8. The van der Waals surface area contributed by atoms with Crippen LogP contribution in [-0.2, 0) is 10.0 Å². The summed E-state index contributed by atoms with van der Waals surface area (Å²) in [4.78, 5) is 0.152. The minimum atomic E-state index is -3.96. The van der Waals surface area contributed by atoms with Crippen molar-refractivity contribution in [2.45, 2.75) is 17.4 Å². The van der Waals surface area contributed by atoms with E-state index in [1.807, 2.05) is 12.1 Å². The molecule has 0 spiro atoms. The number of methoxy groups -OCH3 is 4. The van der Waals surface area contributed by atoms with Crippen molar-refractivity contribution in [1.82, 2.24) is 4.41 Å². The Morgan fingerprint density at radius 1 is 0.794 bits per heavy atom. The van der Waals surface area contributed by atoms with Crippen molar-refractivity contribution in [2.24, 2.45) is 5.10 Å². The molecule has 0 saturated heterocycles. The van der Waals surface area contributed by atoms with E-state index in [0.717, 1.165) is 9.98 Å². The highest BCUT2D eigenvalue weighted by Crippen LogP contribution is 2.44. The van der Waals surface area contributed by atoms with Crippen molar-refractivity contribution in [2.75, 3.05) is 28.4 Å². The molecular weight excluding hydrogens is 456 g/mol. The molecule has 34 heavy (non-hydrogen) atoms. The number of ether oxygens (including phenoxy) is 4. The van der Waals surface area contributed by atoms with Crippen LogP contribution in [0.15, 0.2) is 76.7 Å². The quantitative estimate of drug-likeness (QED) is 0.477. The summed E-state index contributed by atoms with van der Waals surface area (Å²) < 4.78 is 50.3. The molecule has 4 rings (SSSR count). The zero-order chi connectivity index (χ0) is 24.3. The van der Waals surface area contributed by atoms with E-state index < -0.39 is 16.1 Å². The van der Waals surface area contributed by atoms with Gasteiger partial charge in [-0.3, -0.25) is 0 Å². The van der Waals surface area contributed by atoms with Gasteiger partial charge in [0.1, 0.15) is 0 Å². The molecule has 0 fully saturated rings. The number of hydrogen-bond donors (Lipinski definition) is 0. The van der Waals surface area contributed by atoms with Gasteiger partial charge in [-0.15, -0.1) is 0 Å². The van der Waals surface area contributed by atoms with Gasteiger partial charge in [0.25, 0.3) is 10.0 Å². The fourth-order valence-corrected chi connectivity index (χ4v) is 5.45. The van der Waals surface area contributed by atoms with Crippen LogP contribution in [0.25, 0.3) is 0 Å². The molecule has 3 aromatic rings. The van der Waals surface area contributed by atoms with Crippen LogP contribution < -0.4 is 18.9 Å². The second-order valence-corrected chi connectivity index (χ2v) is 9.31. The number of para-hydroxylation sites is 1. The highest BCUT2D eigenvalue weighted by Gasteiger charge is 2.39. The first-order valence-electron chi connectivity index (χ1n) is 10.5. The molecule has 0 amide bonds. The Bertz CT molecular complexity index is 1310. The summed E-state index contributed by atoms with van der Waals surface area (Å²) in [6, 6.07) is 18.4. The summed E-state index contributed by atoms with van der Waals surface area (Å²) in [5.74, 6) is 2.08. The van der Waals surface area contributed by atoms with Gasteiger partial charge >= 0.3 is 0 Å². The van der Waals surface area contributed by atoms with Gasteiger partial charge in [-0.05, 0) is 36.4 Å². The van der Waals surface area contributed by atoms with E-state index in [1.165, 1.54) is 7.11 Å². The molecular formula is C25H26N2O6S. The minimum absolute atomic E-state index is 0.152. The largest absolute Gasteiger partial charge is 0.493 e. The van der Waals surface area contributed by atoms with Gasteiger partial charge in [0, 0.05) is 17.5 Å². The first-order chi connectivity index (χ1) is 16.4. The van der Waals surface area contributed by atoms with Crippen LogP contribution in [0.3, 0.4) is 0 Å². The zero-order valence-electron chi connectivity index (χ0n) is 19.4. The number of hydrazone groups is 1. The molecule has 0 saturated carbocycles. The van der Waals surface area contributed by atoms with Crippen LogP contribution in [0.2, 0.25) is 0 Å². The summed E-state index contributed by atoms with van der Waals surface area (Å²) >= 11 is 0. The fourth-order valence-electron chi connectivity index (χ4n) is 4.01. The molecule has 8 nitrogen and oxygen atoms in total. The SMILES string of the molecule is COc1ccc(C2=NN(S(=O)(=O)c3ccccc3)[C@@H](c3cccc(OC)c3OC)C2)cc1OC. The topological polar surface area (TPSA) is 86.7 Å². The maximum Gasteiger partial charge on any atom is 0.279 e. The molecule has 9 heteroatoms. The van der Waals surface area contributed by atoms with Crippen LogP contribution >= 0.6 is 0 Å². The molecule has 1 atom stereocenters. The van der Waals surface area contributed by atoms with E-state index in [0.29, 0.717) is 40.7 Å². The Labute approximate surface area is 199 Å². The highest BCUT2D eigenvalue weighted by atomic mass is 32.2. The summed E-state index contributed by atoms with van der Waals surface area (Å²) in [7, 11) is 2.22. The van der Waals surface area contributed by atoms with Gasteiger partial charge in [-0.25, -0.2) is 0 Å². The second kappa shape index (κ2) is 9.64. The van der Waals surface area contributed by atoms with Crippen LogP contribution in [-0.4, -0.2) is 47.0 Å². The lowest BCUT2D eigenvalue weighted by atomic mass is 9.98. The van der Waals surface area contributed by atoms with E-state index in [2.05, 4.69) is 5.10 Å². The lowest BCUT2D eigenvalue weighted by molar-refractivity contribution is 0.328. The van der Waals surface area contributed by atoms with Gasteiger partial charge < -0.3 is 18.9 Å². The van der Waals surface area contributed by atoms with Crippen molar-refractivity contribution in [1.29, 1.82) is 0 Å². The summed E-state index contributed by atoms with van der Waals surface area (Å²) in [5, 5.41) is 4.60. The number of hydrogen-bond acceptors (Lipinski definition) is 7. The first-order valence-corrected chi connectivity index (χ1v) is 12.0. The van der Waals surface area contributed by atoms with E-state index in [1.54, 1.807) is 75.9 Å². The molecule has 1 aliphatic rings. The van der Waals surface area contributed by atoms with Crippen LogP contribution in [0.1, 0.15) is 23.6 Å². The lowest BCUT2D eigenvalue weighted by Gasteiger charge is -2.25. The van der Waals surface area contributed by atoms with Crippen LogP contribution in [0.4, 0.5) is 0 Å². The Morgan fingerprint density at radius 3 is 2.15 bits per heavy atom. The molecule has 0 aromatic heterocycles. The third-order valence-electron chi connectivity index (χ3n) is 5.67. The Kier molecular flexibility index (Phi) is 6.65. The maximum absolute atomic E-state index is 13.7. The first kappa shape index (κ1) is 23.4. The third-order valence-corrected chi connectivity index (χ3v) is 7.37. The molecule has 0 aliphatic carbocycles. The summed E-state index contributed by atoms with van der Waals surface area (Å²) in [6.45, 7) is 0. The number of benzene rings is 3. The summed E-state index contributed by atoms with van der Waals surface area (Å²) in [5.41, 5.74) is 1.98. The predicted octanol–water partition coefficient (Wildman–Crippen LogP) is 4.26. The Morgan fingerprint density at radius 2 is 1.50 bits per heavy atom. The molecule has 0 bridgehead atoms. The summed E-state index contributed by atoms with van der Waals surface area (Å²) in [6.07, 6.45) is 0.324. The third kappa shape index (κ3) is 4.14. The van der Waals surface area contributed by atoms with Crippen molar-refractivity contribution >= 4 is 15.7 Å². The van der Waals surface area contributed by atoms with Gasteiger partial charge in [0.2, 0.25) is 0 Å². The van der Waals surface area contributed by atoms with Gasteiger partial charge in [-0.1, -0.05) is 30.3 Å². The molecule has 0 N–H and O–H groups in total. The average molecular weight is 483 g/mol. The van der Waals surface area contributed by atoms with E-state index >= 15 is 0 Å². The monoisotopic (exact) mass is 482 g/mol. The normalized spacial score (nSPS) is 15.6. The standard InChI is InChI=1S/C25H26N2O6S/c1-30-22-14-13-17(15-24(22)32-3)20-16-21(19-11-8-12-23(31-2)25(19)33-4)27(26-20)34(28,29)18-9-6-5-7-10-18/h5-15,21H,16H2,1-4H3/t21-/m1/s1. The Balaban J connectivity index is 1.86. The molecule has 178 valence electrons. The number of sulfonamides is 1. The van der Waals surface area contributed by atoms with Gasteiger partial charge in [-0.2, -0.15) is 17.9 Å². The van der Waals surface area contributed by atoms with E-state index in [9.17, 15) is 8.42 Å². The predicted molar refractivity (Wildman–Crippen MR) is 128 cm³/mol. The molecule has 1 heterocycles. The lowest BCUT2D eigenvalue weighted by Crippen LogP contribution is -2.27. The molecule has 1 aliphatic heterocycles.